The maximum Gasteiger partial charge on any atom is 0.344 e. The van der Waals surface area contributed by atoms with Gasteiger partial charge in [0.1, 0.15) is 5.82 Å². The van der Waals surface area contributed by atoms with Crippen LogP contribution in [-0.2, 0) is 4.79 Å². The number of aromatic nitrogens is 2. The molecule has 1 aliphatic carbocycles. The van der Waals surface area contributed by atoms with Crippen molar-refractivity contribution in [3.8, 4) is 11.5 Å². The Kier molecular flexibility index (Phi) is 8.31. The summed E-state index contributed by atoms with van der Waals surface area (Å²) in [5, 5.41) is 14.4. The average Bonchev–Trinajstić information content (AvgIpc) is 2.86. The molecule has 1 fully saturated rings. The Balaban J connectivity index is 1.79. The second-order valence-corrected chi connectivity index (χ2v) is 10.0. The Labute approximate surface area is 222 Å². The summed E-state index contributed by atoms with van der Waals surface area (Å²) in [7, 11) is 0. The number of benzene rings is 2. The summed E-state index contributed by atoms with van der Waals surface area (Å²) in [6, 6.07) is 8.71. The minimum atomic E-state index is -1.12. The van der Waals surface area contributed by atoms with Gasteiger partial charge in [0, 0.05) is 10.4 Å². The molecule has 36 heavy (non-hydrogen) atoms. The van der Waals surface area contributed by atoms with Gasteiger partial charge >= 0.3 is 5.97 Å². The van der Waals surface area contributed by atoms with Crippen molar-refractivity contribution < 1.29 is 19.4 Å². The van der Waals surface area contributed by atoms with Gasteiger partial charge in [0.05, 0.1) is 28.7 Å². The van der Waals surface area contributed by atoms with Crippen LogP contribution in [0.25, 0.3) is 10.9 Å². The second kappa shape index (κ2) is 11.4. The highest BCUT2D eigenvalue weighted by molar-refractivity contribution is 9.10. The Morgan fingerprint density at radius 2 is 2.06 bits per heavy atom. The van der Waals surface area contributed by atoms with Gasteiger partial charge in [-0.25, -0.2) is 9.78 Å². The van der Waals surface area contributed by atoms with Crippen LogP contribution in [0.5, 0.6) is 11.5 Å². The summed E-state index contributed by atoms with van der Waals surface area (Å²) in [6.45, 7) is 3.53. The summed E-state index contributed by atoms with van der Waals surface area (Å²) in [5.41, 5.74) is 0.963. The molecule has 0 spiro atoms. The Morgan fingerprint density at radius 1 is 1.31 bits per heavy atom. The number of hydrogen-bond acceptors (Lipinski definition) is 6. The lowest BCUT2D eigenvalue weighted by atomic mass is 9.88. The predicted molar refractivity (Wildman–Crippen MR) is 143 cm³/mol. The predicted octanol–water partition coefficient (Wildman–Crippen LogP) is 5.99. The third-order valence-electron chi connectivity index (χ3n) is 6.10. The van der Waals surface area contributed by atoms with Crippen LogP contribution in [0.15, 0.2) is 44.7 Å². The molecule has 8 nitrogen and oxygen atoms in total. The monoisotopic (exact) mass is 575 g/mol. The summed E-state index contributed by atoms with van der Waals surface area (Å²) >= 11 is 9.87. The Morgan fingerprint density at radius 3 is 2.75 bits per heavy atom. The molecule has 1 heterocycles. The number of carboxylic acid groups (broad SMARTS) is 1. The van der Waals surface area contributed by atoms with Crippen LogP contribution in [-0.4, -0.2) is 39.7 Å². The smallest absolute Gasteiger partial charge is 0.344 e. The van der Waals surface area contributed by atoms with Gasteiger partial charge in [0.15, 0.2) is 17.6 Å². The van der Waals surface area contributed by atoms with Gasteiger partial charge in [0.2, 0.25) is 0 Å². The zero-order chi connectivity index (χ0) is 25.8. The molecule has 1 aliphatic rings. The van der Waals surface area contributed by atoms with Gasteiger partial charge in [0.25, 0.3) is 5.56 Å². The van der Waals surface area contributed by atoms with E-state index in [1.165, 1.54) is 24.2 Å². The zero-order valence-corrected chi connectivity index (χ0v) is 22.4. The number of aliphatic carboxylic acids is 1. The third kappa shape index (κ3) is 5.73. The topological polar surface area (TPSA) is 103 Å². The number of ether oxygens (including phenoxy) is 2. The van der Waals surface area contributed by atoms with Crippen molar-refractivity contribution >= 4 is 50.6 Å². The van der Waals surface area contributed by atoms with Crippen LogP contribution < -0.4 is 15.0 Å². The highest BCUT2D eigenvalue weighted by Gasteiger charge is 2.23. The summed E-state index contributed by atoms with van der Waals surface area (Å²) in [6.07, 6.45) is 5.69. The van der Waals surface area contributed by atoms with Crippen molar-refractivity contribution in [2.75, 3.05) is 6.61 Å². The van der Waals surface area contributed by atoms with E-state index < -0.39 is 12.1 Å². The number of fused-ring (bicyclic) bond motifs is 1. The number of nitrogens with zero attached hydrogens (tertiary/aromatic N) is 3. The number of rotatable bonds is 8. The minimum Gasteiger partial charge on any atom is -0.490 e. The highest BCUT2D eigenvalue weighted by atomic mass is 79.9. The molecule has 0 saturated heterocycles. The van der Waals surface area contributed by atoms with E-state index in [2.05, 4.69) is 21.0 Å². The molecule has 1 saturated carbocycles. The quantitative estimate of drug-likeness (QED) is 0.330. The SMILES string of the molecule is CCOc1cc(C=Nn2c(C3CCCCC3)nc3ccc(Br)cc3c2=O)cc(Cl)c1O[C@H](C)C(=O)O. The molecule has 10 heteroatoms. The first-order valence-electron chi connectivity index (χ1n) is 11.9. The van der Waals surface area contributed by atoms with E-state index >= 15 is 0 Å². The maximum absolute atomic E-state index is 13.5. The lowest BCUT2D eigenvalue weighted by molar-refractivity contribution is -0.144. The molecule has 4 rings (SSSR count). The molecular weight excluding hydrogens is 550 g/mol. The molecule has 3 aromatic rings. The Bertz CT molecular complexity index is 1370. The van der Waals surface area contributed by atoms with Gasteiger partial charge in [-0.2, -0.15) is 9.78 Å². The first kappa shape index (κ1) is 26.2. The first-order chi connectivity index (χ1) is 17.3. The fourth-order valence-corrected chi connectivity index (χ4v) is 4.92. The molecule has 0 aliphatic heterocycles. The summed E-state index contributed by atoms with van der Waals surface area (Å²) in [5.74, 6) is 0.108. The fraction of sp³-hybridized carbons (Fsp3) is 0.385. The van der Waals surface area contributed by atoms with E-state index in [0.717, 1.165) is 30.2 Å². The normalized spacial score (nSPS) is 15.3. The van der Waals surface area contributed by atoms with Gasteiger partial charge in [-0.3, -0.25) is 4.79 Å². The van der Waals surface area contributed by atoms with Crippen molar-refractivity contribution in [1.82, 2.24) is 9.66 Å². The van der Waals surface area contributed by atoms with E-state index in [-0.39, 0.29) is 22.2 Å². The van der Waals surface area contributed by atoms with Crippen molar-refractivity contribution in [2.45, 2.75) is 58.0 Å². The zero-order valence-electron chi connectivity index (χ0n) is 20.0. The standard InChI is InChI=1S/C26H27BrClN3O5/c1-3-35-22-12-16(11-20(28)23(22)36-15(2)26(33)34)14-29-31-24(17-7-5-4-6-8-17)30-21-10-9-18(27)13-19(21)25(31)32/h9-15,17H,3-8H2,1-2H3,(H,33,34)/t15-/m1/s1. The lowest BCUT2D eigenvalue weighted by Crippen LogP contribution is -2.25. The molecule has 1 N–H and O–H groups in total. The molecule has 0 bridgehead atoms. The van der Waals surface area contributed by atoms with Crippen LogP contribution >= 0.6 is 27.5 Å². The molecule has 2 aromatic carbocycles. The third-order valence-corrected chi connectivity index (χ3v) is 6.87. The van der Waals surface area contributed by atoms with E-state index in [1.54, 1.807) is 25.1 Å². The van der Waals surface area contributed by atoms with Crippen LogP contribution in [0.1, 0.15) is 63.3 Å². The molecular formula is C26H27BrClN3O5. The van der Waals surface area contributed by atoms with Crippen LogP contribution in [0.2, 0.25) is 5.02 Å². The summed E-state index contributed by atoms with van der Waals surface area (Å²) in [4.78, 5) is 29.6. The number of carbonyl (C=O) groups is 1. The lowest BCUT2D eigenvalue weighted by Gasteiger charge is -2.22. The van der Waals surface area contributed by atoms with E-state index in [0.29, 0.717) is 34.6 Å². The van der Waals surface area contributed by atoms with Gasteiger partial charge < -0.3 is 14.6 Å². The van der Waals surface area contributed by atoms with E-state index in [4.69, 9.17) is 26.1 Å². The summed E-state index contributed by atoms with van der Waals surface area (Å²) < 4.78 is 13.3. The molecule has 190 valence electrons. The van der Waals surface area contributed by atoms with Gasteiger partial charge in [-0.1, -0.05) is 46.8 Å². The van der Waals surface area contributed by atoms with Crippen LogP contribution in [0.4, 0.5) is 0 Å². The van der Waals surface area contributed by atoms with E-state index in [1.807, 2.05) is 12.1 Å². The van der Waals surface area contributed by atoms with Crippen molar-refractivity contribution in [3.63, 3.8) is 0 Å². The molecule has 1 aromatic heterocycles. The van der Waals surface area contributed by atoms with Gasteiger partial charge in [-0.05, 0) is 62.6 Å². The first-order valence-corrected chi connectivity index (χ1v) is 13.1. The number of hydrogen-bond donors (Lipinski definition) is 1. The highest BCUT2D eigenvalue weighted by Crippen LogP contribution is 2.37. The van der Waals surface area contributed by atoms with Crippen molar-refractivity contribution in [1.29, 1.82) is 0 Å². The van der Waals surface area contributed by atoms with Crippen molar-refractivity contribution in [2.24, 2.45) is 5.10 Å². The van der Waals surface area contributed by atoms with E-state index in [9.17, 15) is 14.7 Å². The van der Waals surface area contributed by atoms with Crippen LogP contribution in [0.3, 0.4) is 0 Å². The maximum atomic E-state index is 13.5. The minimum absolute atomic E-state index is 0.142. The molecule has 0 amide bonds. The largest absolute Gasteiger partial charge is 0.490 e. The van der Waals surface area contributed by atoms with Gasteiger partial charge in [-0.15, -0.1) is 0 Å². The molecule has 1 atom stereocenters. The number of halogens is 2. The number of carboxylic acids is 1. The average molecular weight is 577 g/mol. The fourth-order valence-electron chi connectivity index (χ4n) is 4.29. The second-order valence-electron chi connectivity index (χ2n) is 8.69. The van der Waals surface area contributed by atoms with Crippen LogP contribution in [0, 0.1) is 0 Å². The molecule has 0 unspecified atom stereocenters. The Hall–Kier alpha value is -2.91. The molecule has 0 radical (unpaired) electrons. The van der Waals surface area contributed by atoms with Crippen molar-refractivity contribution in [3.05, 3.63) is 61.6 Å².